The highest BCUT2D eigenvalue weighted by Crippen LogP contribution is 2.17. The molecule has 0 saturated heterocycles. The van der Waals surface area contributed by atoms with Gasteiger partial charge in [-0.3, -0.25) is 0 Å². The number of pyridine rings is 1. The summed E-state index contributed by atoms with van der Waals surface area (Å²) in [6.07, 6.45) is 1.88. The minimum atomic E-state index is 0.847. The number of H-pyrrole nitrogens is 1. The van der Waals surface area contributed by atoms with Crippen LogP contribution in [0.25, 0.3) is 16.7 Å². The maximum Gasteiger partial charge on any atom is 0.257 e. The molecular weight excluding hydrogens is 290 g/mol. The van der Waals surface area contributed by atoms with Gasteiger partial charge in [-0.05, 0) is 35.0 Å². The zero-order valence-corrected chi connectivity index (χ0v) is 11.8. The number of nitrogens with zero attached hydrogens (tertiary/aromatic N) is 2. The zero-order valence-electron chi connectivity index (χ0n) is 10.2. The average Bonchev–Trinajstić information content (AvgIpc) is 2.68. The molecule has 0 bridgehead atoms. The predicted molar refractivity (Wildman–Crippen MR) is 74.8 cm³/mol. The summed E-state index contributed by atoms with van der Waals surface area (Å²) in [5.41, 5.74) is 4.61. The van der Waals surface area contributed by atoms with Crippen molar-refractivity contribution in [2.45, 2.75) is 13.8 Å². The zero-order chi connectivity index (χ0) is 12.7. The van der Waals surface area contributed by atoms with Crippen molar-refractivity contribution < 1.29 is 4.57 Å². The highest BCUT2D eigenvalue weighted by Gasteiger charge is 2.18. The molecule has 0 spiro atoms. The van der Waals surface area contributed by atoms with Crippen LogP contribution in [0.3, 0.4) is 0 Å². The molecule has 90 valence electrons. The molecule has 3 aromatic rings. The van der Waals surface area contributed by atoms with Gasteiger partial charge in [0.05, 0.1) is 0 Å². The normalized spacial score (nSPS) is 11.1. The van der Waals surface area contributed by atoms with E-state index in [2.05, 4.69) is 62.5 Å². The summed E-state index contributed by atoms with van der Waals surface area (Å²) >= 11 is 3.44. The minimum absolute atomic E-state index is 0.847. The van der Waals surface area contributed by atoms with Crippen LogP contribution in [0.5, 0.6) is 0 Å². The second kappa shape index (κ2) is 4.21. The number of aryl methyl sites for hydroxylation is 2. The van der Waals surface area contributed by atoms with Crippen LogP contribution < -0.4 is 4.57 Å². The van der Waals surface area contributed by atoms with Gasteiger partial charge in [0.1, 0.15) is 10.3 Å². The molecule has 0 aliphatic carbocycles. The van der Waals surface area contributed by atoms with E-state index in [-0.39, 0.29) is 0 Å². The van der Waals surface area contributed by atoms with E-state index in [1.54, 1.807) is 0 Å². The maximum absolute atomic E-state index is 4.25. The van der Waals surface area contributed by atoms with Gasteiger partial charge in [0.15, 0.2) is 11.0 Å². The van der Waals surface area contributed by atoms with Crippen LogP contribution in [0, 0.1) is 13.8 Å². The van der Waals surface area contributed by atoms with Gasteiger partial charge in [-0.2, -0.15) is 4.57 Å². The lowest BCUT2D eigenvalue weighted by Gasteiger charge is -2.03. The van der Waals surface area contributed by atoms with Crippen LogP contribution in [0.2, 0.25) is 0 Å². The summed E-state index contributed by atoms with van der Waals surface area (Å²) < 4.78 is 3.07. The van der Waals surface area contributed by atoms with Crippen molar-refractivity contribution >= 4 is 27.0 Å². The van der Waals surface area contributed by atoms with Gasteiger partial charge >= 0.3 is 0 Å². The fourth-order valence-corrected chi connectivity index (χ4v) is 2.56. The lowest BCUT2D eigenvalue weighted by molar-refractivity contribution is -0.574. The van der Waals surface area contributed by atoms with Gasteiger partial charge in [0.2, 0.25) is 0 Å². The Hall–Kier alpha value is -1.68. The smallest absolute Gasteiger partial charge is 0.249 e. The lowest BCUT2D eigenvalue weighted by atomic mass is 10.2. The number of benzene rings is 1. The van der Waals surface area contributed by atoms with Gasteiger partial charge in [0, 0.05) is 24.8 Å². The third-order valence-corrected chi connectivity index (χ3v) is 3.51. The molecule has 1 aromatic carbocycles. The number of fused-ring (bicyclic) bond motifs is 1. The Morgan fingerprint density at radius 2 is 2.00 bits per heavy atom. The van der Waals surface area contributed by atoms with Crippen molar-refractivity contribution in [3.63, 3.8) is 0 Å². The highest BCUT2D eigenvalue weighted by atomic mass is 79.9. The number of rotatable bonds is 1. The quantitative estimate of drug-likeness (QED) is 0.543. The van der Waals surface area contributed by atoms with Crippen molar-refractivity contribution in [1.29, 1.82) is 0 Å². The number of aromatic nitrogens is 3. The van der Waals surface area contributed by atoms with Gasteiger partial charge in [-0.1, -0.05) is 12.1 Å². The molecule has 0 aliphatic heterocycles. The fraction of sp³-hybridized carbons (Fsp3) is 0.143. The molecular formula is C14H13BrN3+. The SMILES string of the molecule is Cc1cnc(Br)cc1-[n+]1c(C)[nH]c2ccccc21. The number of aromatic amines is 1. The molecule has 2 aromatic heterocycles. The first-order valence-corrected chi connectivity index (χ1v) is 6.58. The first-order valence-electron chi connectivity index (χ1n) is 5.78. The molecule has 1 N–H and O–H groups in total. The predicted octanol–water partition coefficient (Wildman–Crippen LogP) is 3.22. The van der Waals surface area contributed by atoms with E-state index < -0.39 is 0 Å². The summed E-state index contributed by atoms with van der Waals surface area (Å²) in [6.45, 7) is 4.15. The van der Waals surface area contributed by atoms with E-state index in [1.807, 2.05) is 18.3 Å². The number of nitrogens with one attached hydrogen (secondary N) is 1. The Bertz CT molecular complexity index is 731. The fourth-order valence-electron chi connectivity index (χ4n) is 2.25. The standard InChI is InChI=1S/C14H12BrN3/c1-9-8-16-14(15)7-13(9)18-10(2)17-11-5-3-4-6-12(11)18/h3-8H,1-2H3/p+1. The van der Waals surface area contributed by atoms with Crippen LogP contribution in [0.4, 0.5) is 0 Å². The van der Waals surface area contributed by atoms with Crippen molar-refractivity contribution in [3.8, 4) is 5.69 Å². The van der Waals surface area contributed by atoms with E-state index in [0.29, 0.717) is 0 Å². The summed E-state index contributed by atoms with van der Waals surface area (Å²) in [5.74, 6) is 1.11. The van der Waals surface area contributed by atoms with E-state index in [0.717, 1.165) is 27.2 Å². The van der Waals surface area contributed by atoms with Gasteiger partial charge < -0.3 is 0 Å². The molecule has 0 fully saturated rings. The Labute approximate surface area is 114 Å². The summed E-state index contributed by atoms with van der Waals surface area (Å²) in [7, 11) is 0. The Morgan fingerprint density at radius 1 is 1.22 bits per heavy atom. The molecule has 0 unspecified atom stereocenters. The van der Waals surface area contributed by atoms with E-state index in [9.17, 15) is 0 Å². The molecule has 3 rings (SSSR count). The highest BCUT2D eigenvalue weighted by molar-refractivity contribution is 9.10. The Balaban J connectivity index is 2.37. The minimum Gasteiger partial charge on any atom is -0.249 e. The van der Waals surface area contributed by atoms with Crippen LogP contribution in [-0.4, -0.2) is 9.97 Å². The van der Waals surface area contributed by atoms with Crippen LogP contribution in [0.15, 0.2) is 41.1 Å². The molecule has 0 atom stereocenters. The maximum atomic E-state index is 4.25. The van der Waals surface area contributed by atoms with Crippen molar-refractivity contribution in [1.82, 2.24) is 9.97 Å². The van der Waals surface area contributed by atoms with Crippen LogP contribution in [0.1, 0.15) is 11.4 Å². The topological polar surface area (TPSA) is 32.6 Å². The molecule has 4 heteroatoms. The summed E-state index contributed by atoms with van der Waals surface area (Å²) in [4.78, 5) is 7.65. The van der Waals surface area contributed by atoms with Crippen LogP contribution in [-0.2, 0) is 0 Å². The van der Waals surface area contributed by atoms with E-state index >= 15 is 0 Å². The van der Waals surface area contributed by atoms with Crippen molar-refractivity contribution in [2.75, 3.05) is 0 Å². The number of hydrogen-bond donors (Lipinski definition) is 1. The summed E-state index contributed by atoms with van der Waals surface area (Å²) in [6, 6.07) is 10.3. The third-order valence-electron chi connectivity index (χ3n) is 3.08. The first-order chi connectivity index (χ1) is 8.66. The molecule has 0 radical (unpaired) electrons. The molecule has 0 amide bonds. The van der Waals surface area contributed by atoms with E-state index in [4.69, 9.17) is 0 Å². The molecule has 0 saturated carbocycles. The molecule has 2 heterocycles. The molecule has 0 aliphatic rings. The van der Waals surface area contributed by atoms with Gasteiger partial charge in [-0.15, -0.1) is 0 Å². The van der Waals surface area contributed by atoms with E-state index in [1.165, 1.54) is 5.52 Å². The number of para-hydroxylation sites is 2. The Morgan fingerprint density at radius 3 is 2.83 bits per heavy atom. The van der Waals surface area contributed by atoms with Crippen molar-refractivity contribution in [3.05, 3.63) is 52.5 Å². The van der Waals surface area contributed by atoms with Gasteiger partial charge in [-0.25, -0.2) is 9.97 Å². The Kier molecular flexibility index (Phi) is 2.67. The summed E-state index contributed by atoms with van der Waals surface area (Å²) in [5, 5.41) is 0. The third kappa shape index (κ3) is 1.73. The average molecular weight is 303 g/mol. The molecule has 3 nitrogen and oxygen atoms in total. The van der Waals surface area contributed by atoms with Crippen molar-refractivity contribution in [2.24, 2.45) is 0 Å². The number of imidazole rings is 1. The second-order valence-electron chi connectivity index (χ2n) is 4.36. The van der Waals surface area contributed by atoms with Gasteiger partial charge in [0.25, 0.3) is 5.82 Å². The second-order valence-corrected chi connectivity index (χ2v) is 5.17. The monoisotopic (exact) mass is 302 g/mol. The first kappa shape index (κ1) is 11.4. The molecule has 18 heavy (non-hydrogen) atoms. The lowest BCUT2D eigenvalue weighted by Crippen LogP contribution is -2.33. The van der Waals surface area contributed by atoms with Crippen LogP contribution >= 0.6 is 15.9 Å². The largest absolute Gasteiger partial charge is 0.257 e. The number of halogens is 1. The number of hydrogen-bond acceptors (Lipinski definition) is 1.